The fraction of sp³-hybridized carbons (Fsp3) is 0.929. The van der Waals surface area contributed by atoms with Gasteiger partial charge in [0.2, 0.25) is 0 Å². The van der Waals surface area contributed by atoms with Gasteiger partial charge in [0.15, 0.2) is 0 Å². The van der Waals surface area contributed by atoms with Crippen molar-refractivity contribution in [3.05, 3.63) is 0 Å². The molecule has 4 heteroatoms. The van der Waals surface area contributed by atoms with E-state index < -0.39 is 5.60 Å². The zero-order valence-corrected chi connectivity index (χ0v) is 12.2. The van der Waals surface area contributed by atoms with E-state index >= 15 is 0 Å². The molecule has 2 atom stereocenters. The Kier molecular flexibility index (Phi) is 5.93. The molecule has 0 spiro atoms. The molecule has 18 heavy (non-hydrogen) atoms. The molecule has 0 saturated carbocycles. The summed E-state index contributed by atoms with van der Waals surface area (Å²) in [6.07, 6.45) is 4.59. The van der Waals surface area contributed by atoms with Crippen LogP contribution in [-0.2, 0) is 4.74 Å². The average molecular weight is 256 g/mol. The predicted molar refractivity (Wildman–Crippen MR) is 73.7 cm³/mol. The zero-order valence-electron chi connectivity index (χ0n) is 12.2. The summed E-state index contributed by atoms with van der Waals surface area (Å²) in [5.41, 5.74) is -0.416. The van der Waals surface area contributed by atoms with E-state index in [0.29, 0.717) is 18.5 Å². The van der Waals surface area contributed by atoms with Gasteiger partial charge in [0, 0.05) is 12.6 Å². The van der Waals surface area contributed by atoms with E-state index in [4.69, 9.17) is 4.74 Å². The molecule has 0 aromatic heterocycles. The third-order valence-electron chi connectivity index (χ3n) is 3.19. The van der Waals surface area contributed by atoms with Crippen LogP contribution in [0.4, 0.5) is 4.79 Å². The molecule has 1 aliphatic rings. The minimum Gasteiger partial charge on any atom is -0.444 e. The minimum absolute atomic E-state index is 0.307. The normalized spacial score (nSPS) is 24.7. The summed E-state index contributed by atoms with van der Waals surface area (Å²) in [5, 5.41) is 6.40. The van der Waals surface area contributed by atoms with Gasteiger partial charge in [0.25, 0.3) is 0 Å². The molecule has 2 N–H and O–H groups in total. The highest BCUT2D eigenvalue weighted by Crippen LogP contribution is 2.16. The van der Waals surface area contributed by atoms with Gasteiger partial charge in [-0.25, -0.2) is 4.79 Å². The van der Waals surface area contributed by atoms with Gasteiger partial charge in [-0.1, -0.05) is 13.3 Å². The van der Waals surface area contributed by atoms with Gasteiger partial charge in [0.1, 0.15) is 5.60 Å². The van der Waals surface area contributed by atoms with Gasteiger partial charge in [0.05, 0.1) is 0 Å². The molecule has 1 heterocycles. The van der Waals surface area contributed by atoms with Crippen LogP contribution >= 0.6 is 0 Å². The number of alkyl carbamates (subject to hydrolysis) is 1. The number of carbonyl (C=O) groups excluding carboxylic acids is 1. The molecule has 0 aromatic carbocycles. The molecule has 1 fully saturated rings. The van der Waals surface area contributed by atoms with Crippen molar-refractivity contribution in [3.8, 4) is 0 Å². The van der Waals surface area contributed by atoms with Crippen molar-refractivity contribution in [2.24, 2.45) is 5.92 Å². The number of nitrogens with one attached hydrogen (secondary N) is 2. The van der Waals surface area contributed by atoms with Gasteiger partial charge in [-0.2, -0.15) is 0 Å². The second-order valence-electron chi connectivity index (χ2n) is 6.22. The van der Waals surface area contributed by atoms with Crippen molar-refractivity contribution in [2.75, 3.05) is 13.1 Å². The minimum atomic E-state index is -0.416. The lowest BCUT2D eigenvalue weighted by molar-refractivity contribution is 0.0515. The smallest absolute Gasteiger partial charge is 0.407 e. The highest BCUT2D eigenvalue weighted by atomic mass is 16.6. The molecular weight excluding hydrogens is 228 g/mol. The van der Waals surface area contributed by atoms with Gasteiger partial charge in [-0.15, -0.1) is 0 Å². The highest BCUT2D eigenvalue weighted by Gasteiger charge is 2.21. The number of ether oxygens (including phenoxy) is 1. The van der Waals surface area contributed by atoms with Crippen LogP contribution in [0.15, 0.2) is 0 Å². The Bertz CT molecular complexity index is 253. The van der Waals surface area contributed by atoms with Crippen LogP contribution in [0.2, 0.25) is 0 Å². The SMILES string of the molecule is CCC[C@@H]1CC[C@@H](CNC(=O)OC(C)(C)C)CN1. The Labute approximate surface area is 111 Å². The molecule has 0 aromatic rings. The van der Waals surface area contributed by atoms with E-state index in [2.05, 4.69) is 17.6 Å². The lowest BCUT2D eigenvalue weighted by Crippen LogP contribution is -2.44. The monoisotopic (exact) mass is 256 g/mol. The molecule has 1 aliphatic heterocycles. The molecule has 0 bridgehead atoms. The third kappa shape index (κ3) is 6.24. The topological polar surface area (TPSA) is 50.4 Å². The molecule has 106 valence electrons. The second-order valence-corrected chi connectivity index (χ2v) is 6.22. The predicted octanol–water partition coefficient (Wildman–Crippen LogP) is 2.68. The van der Waals surface area contributed by atoms with E-state index in [-0.39, 0.29) is 6.09 Å². The fourth-order valence-electron chi connectivity index (χ4n) is 2.29. The quantitative estimate of drug-likeness (QED) is 0.813. The third-order valence-corrected chi connectivity index (χ3v) is 3.19. The first-order valence-corrected chi connectivity index (χ1v) is 7.11. The first-order valence-electron chi connectivity index (χ1n) is 7.11. The van der Waals surface area contributed by atoms with Crippen LogP contribution in [-0.4, -0.2) is 30.8 Å². The maximum Gasteiger partial charge on any atom is 0.407 e. The summed E-state index contributed by atoms with van der Waals surface area (Å²) >= 11 is 0. The molecular formula is C14H28N2O2. The molecule has 0 radical (unpaired) electrons. The van der Waals surface area contributed by atoms with Crippen LogP contribution in [0, 0.1) is 5.92 Å². The summed E-state index contributed by atoms with van der Waals surface area (Å²) in [6.45, 7) is 9.57. The van der Waals surface area contributed by atoms with Crippen LogP contribution in [0.5, 0.6) is 0 Å². The maximum atomic E-state index is 11.5. The van der Waals surface area contributed by atoms with Gasteiger partial charge in [-0.05, 0) is 52.5 Å². The largest absolute Gasteiger partial charge is 0.444 e. The Morgan fingerprint density at radius 3 is 2.61 bits per heavy atom. The zero-order chi connectivity index (χ0) is 13.6. The van der Waals surface area contributed by atoms with Crippen LogP contribution < -0.4 is 10.6 Å². The summed E-state index contributed by atoms with van der Waals surface area (Å²) in [6, 6.07) is 0.674. The Hall–Kier alpha value is -0.770. The van der Waals surface area contributed by atoms with Crippen LogP contribution in [0.3, 0.4) is 0 Å². The first-order chi connectivity index (χ1) is 8.40. The van der Waals surface area contributed by atoms with Crippen molar-refractivity contribution in [1.29, 1.82) is 0 Å². The van der Waals surface area contributed by atoms with Crippen LogP contribution in [0.1, 0.15) is 53.4 Å². The van der Waals surface area contributed by atoms with Crippen molar-refractivity contribution in [3.63, 3.8) is 0 Å². The average Bonchev–Trinajstić information content (AvgIpc) is 2.26. The molecule has 1 saturated heterocycles. The van der Waals surface area contributed by atoms with E-state index in [1.54, 1.807) is 0 Å². The first kappa shape index (κ1) is 15.3. The summed E-state index contributed by atoms with van der Waals surface area (Å²) in [7, 11) is 0. The van der Waals surface area contributed by atoms with Gasteiger partial charge < -0.3 is 15.4 Å². The molecule has 1 amide bonds. The Morgan fingerprint density at radius 1 is 1.39 bits per heavy atom. The van der Waals surface area contributed by atoms with E-state index in [9.17, 15) is 4.79 Å². The molecule has 0 aliphatic carbocycles. The van der Waals surface area contributed by atoms with Crippen molar-refractivity contribution >= 4 is 6.09 Å². The molecule has 4 nitrogen and oxygen atoms in total. The fourth-order valence-corrected chi connectivity index (χ4v) is 2.29. The number of hydrogen-bond donors (Lipinski definition) is 2. The highest BCUT2D eigenvalue weighted by molar-refractivity contribution is 5.67. The number of piperidine rings is 1. The lowest BCUT2D eigenvalue weighted by Gasteiger charge is -2.30. The van der Waals surface area contributed by atoms with E-state index in [0.717, 1.165) is 6.54 Å². The summed E-state index contributed by atoms with van der Waals surface area (Å²) in [4.78, 5) is 11.5. The molecule has 0 unspecified atom stereocenters. The van der Waals surface area contributed by atoms with Gasteiger partial charge >= 0.3 is 6.09 Å². The second kappa shape index (κ2) is 6.98. The standard InChI is InChI=1S/C14H28N2O2/c1-5-6-12-8-7-11(9-15-12)10-16-13(17)18-14(2,3)4/h11-12,15H,5-10H2,1-4H3,(H,16,17)/t11-,12-/m1/s1. The van der Waals surface area contributed by atoms with Crippen molar-refractivity contribution in [2.45, 2.75) is 65.0 Å². The number of carbonyl (C=O) groups is 1. The number of rotatable bonds is 4. The van der Waals surface area contributed by atoms with Crippen LogP contribution in [0.25, 0.3) is 0 Å². The number of hydrogen-bond acceptors (Lipinski definition) is 3. The van der Waals surface area contributed by atoms with E-state index in [1.165, 1.54) is 25.7 Å². The van der Waals surface area contributed by atoms with Crippen molar-refractivity contribution < 1.29 is 9.53 Å². The lowest BCUT2D eigenvalue weighted by atomic mass is 9.93. The Balaban J connectivity index is 2.16. The van der Waals surface area contributed by atoms with E-state index in [1.807, 2.05) is 20.8 Å². The van der Waals surface area contributed by atoms with Gasteiger partial charge in [-0.3, -0.25) is 0 Å². The number of amides is 1. The maximum absolute atomic E-state index is 11.5. The molecule has 1 rings (SSSR count). The Morgan fingerprint density at radius 2 is 2.11 bits per heavy atom. The summed E-state index contributed by atoms with van der Waals surface area (Å²) in [5.74, 6) is 0.533. The van der Waals surface area contributed by atoms with Crippen molar-refractivity contribution in [1.82, 2.24) is 10.6 Å². The summed E-state index contributed by atoms with van der Waals surface area (Å²) < 4.78 is 5.22.